The van der Waals surface area contributed by atoms with Crippen molar-refractivity contribution in [3.05, 3.63) is 70.5 Å². The summed E-state index contributed by atoms with van der Waals surface area (Å²) in [5, 5.41) is 0.168. The third kappa shape index (κ3) is 6.55. The molecule has 8 heteroatoms. The first-order chi connectivity index (χ1) is 14.7. The number of carbonyl (C=O) groups is 1. The lowest BCUT2D eigenvalue weighted by Gasteiger charge is -2.36. The summed E-state index contributed by atoms with van der Waals surface area (Å²) in [6.45, 7) is 2.70. The number of carbonyl (C=O) groups excluding carboxylic acids is 1. The van der Waals surface area contributed by atoms with E-state index in [1.807, 2.05) is 18.2 Å². The maximum absolute atomic E-state index is 12.9. The molecule has 1 aromatic heterocycles. The summed E-state index contributed by atoms with van der Waals surface area (Å²) in [5.74, 6) is -0.250. The van der Waals surface area contributed by atoms with Crippen LogP contribution in [0.1, 0.15) is 29.7 Å². The number of hydrogen-bond acceptors (Lipinski definition) is 3. The molecule has 1 aliphatic heterocycles. The Labute approximate surface area is 185 Å². The van der Waals surface area contributed by atoms with Gasteiger partial charge in [0.2, 0.25) is 5.91 Å². The molecular weight excluding hydrogens is 427 g/mol. The monoisotopic (exact) mass is 451 g/mol. The summed E-state index contributed by atoms with van der Waals surface area (Å²) >= 11 is 5.99. The molecule has 3 rings (SSSR count). The first-order valence-corrected chi connectivity index (χ1v) is 10.6. The third-order valence-electron chi connectivity index (χ3n) is 5.59. The number of rotatable bonds is 6. The van der Waals surface area contributed by atoms with Crippen LogP contribution in [0.15, 0.2) is 48.7 Å². The van der Waals surface area contributed by atoms with E-state index in [-0.39, 0.29) is 22.5 Å². The molecule has 2 heterocycles. The van der Waals surface area contributed by atoms with Crippen molar-refractivity contribution in [3.8, 4) is 0 Å². The SMILES string of the molecule is CN(C(=O)C=Cc1cc(C(F)(F)F)ccc1Cl)C1CCN(CCc2ccccn2)CC1. The van der Waals surface area contributed by atoms with Crippen LogP contribution in [-0.2, 0) is 17.4 Å². The molecule has 1 saturated heterocycles. The Morgan fingerprint density at radius 1 is 1.26 bits per heavy atom. The molecule has 1 amide bonds. The van der Waals surface area contributed by atoms with Gasteiger partial charge in [-0.3, -0.25) is 9.78 Å². The molecule has 1 aliphatic rings. The van der Waals surface area contributed by atoms with Gasteiger partial charge in [-0.15, -0.1) is 0 Å². The Bertz CT molecular complexity index is 910. The van der Waals surface area contributed by atoms with Gasteiger partial charge in [-0.1, -0.05) is 17.7 Å². The molecule has 0 radical (unpaired) electrons. The zero-order chi connectivity index (χ0) is 22.4. The van der Waals surface area contributed by atoms with Crippen molar-refractivity contribution in [1.29, 1.82) is 0 Å². The molecule has 166 valence electrons. The van der Waals surface area contributed by atoms with Gasteiger partial charge in [-0.2, -0.15) is 13.2 Å². The highest BCUT2D eigenvalue weighted by Crippen LogP contribution is 2.32. The van der Waals surface area contributed by atoms with E-state index in [4.69, 9.17) is 11.6 Å². The van der Waals surface area contributed by atoms with Crippen molar-refractivity contribution in [3.63, 3.8) is 0 Å². The second-order valence-electron chi connectivity index (χ2n) is 7.66. The van der Waals surface area contributed by atoms with E-state index >= 15 is 0 Å². The van der Waals surface area contributed by atoms with Gasteiger partial charge >= 0.3 is 6.18 Å². The number of pyridine rings is 1. The van der Waals surface area contributed by atoms with E-state index in [0.717, 1.165) is 56.7 Å². The van der Waals surface area contributed by atoms with Gasteiger partial charge < -0.3 is 9.80 Å². The Balaban J connectivity index is 1.52. The maximum Gasteiger partial charge on any atom is 0.416 e. The summed E-state index contributed by atoms with van der Waals surface area (Å²) in [4.78, 5) is 20.9. The summed E-state index contributed by atoms with van der Waals surface area (Å²) in [7, 11) is 1.73. The molecule has 4 nitrogen and oxygen atoms in total. The summed E-state index contributed by atoms with van der Waals surface area (Å²) in [6, 6.07) is 9.06. The maximum atomic E-state index is 12.9. The number of nitrogens with zero attached hydrogens (tertiary/aromatic N) is 3. The molecule has 0 aliphatic carbocycles. The summed E-state index contributed by atoms with van der Waals surface area (Å²) in [6.07, 6.45) is 2.56. The first kappa shape index (κ1) is 23.3. The highest BCUT2D eigenvalue weighted by molar-refractivity contribution is 6.32. The van der Waals surface area contributed by atoms with Crippen molar-refractivity contribution in [2.45, 2.75) is 31.5 Å². The Kier molecular flexibility index (Phi) is 7.73. The van der Waals surface area contributed by atoms with Gasteiger partial charge in [0.1, 0.15) is 0 Å². The van der Waals surface area contributed by atoms with E-state index in [0.29, 0.717) is 0 Å². The molecule has 0 unspecified atom stereocenters. The predicted octanol–water partition coefficient (Wildman–Crippen LogP) is 4.93. The minimum atomic E-state index is -4.46. The van der Waals surface area contributed by atoms with Crippen LogP contribution in [0.4, 0.5) is 13.2 Å². The van der Waals surface area contributed by atoms with Crippen molar-refractivity contribution in [2.24, 2.45) is 0 Å². The standard InChI is InChI=1S/C23H25ClF3N3O/c1-29(20-10-14-30(15-11-20)13-9-19-4-2-3-12-28-19)22(31)8-5-17-16-18(23(25,26)27)6-7-21(17)24/h2-8,12,16,20H,9-11,13-15H2,1H3. The average molecular weight is 452 g/mol. The third-order valence-corrected chi connectivity index (χ3v) is 5.94. The Hall–Kier alpha value is -2.38. The number of halogens is 4. The zero-order valence-corrected chi connectivity index (χ0v) is 18.0. The van der Waals surface area contributed by atoms with Crippen LogP contribution in [0.2, 0.25) is 5.02 Å². The average Bonchev–Trinajstić information content (AvgIpc) is 2.76. The number of alkyl halides is 3. The van der Waals surface area contributed by atoms with E-state index in [2.05, 4.69) is 9.88 Å². The lowest BCUT2D eigenvalue weighted by molar-refractivity contribution is -0.137. The number of aromatic nitrogens is 1. The number of benzene rings is 1. The molecule has 0 saturated carbocycles. The fourth-order valence-corrected chi connectivity index (χ4v) is 3.84. The molecule has 0 atom stereocenters. The number of likely N-dealkylation sites (N-methyl/N-ethyl adjacent to an activating group) is 1. The number of likely N-dealkylation sites (tertiary alicyclic amines) is 1. The molecule has 2 aromatic rings. The smallest absolute Gasteiger partial charge is 0.339 e. The van der Waals surface area contributed by atoms with Gasteiger partial charge in [0.05, 0.1) is 5.56 Å². The van der Waals surface area contributed by atoms with Crippen LogP contribution in [-0.4, -0.2) is 53.4 Å². The van der Waals surface area contributed by atoms with Gasteiger partial charge in [-0.25, -0.2) is 0 Å². The summed E-state index contributed by atoms with van der Waals surface area (Å²) < 4.78 is 38.7. The minimum absolute atomic E-state index is 0.0974. The molecule has 0 spiro atoms. The van der Waals surface area contributed by atoms with Crippen LogP contribution < -0.4 is 0 Å². The molecule has 31 heavy (non-hydrogen) atoms. The second-order valence-corrected chi connectivity index (χ2v) is 8.07. The van der Waals surface area contributed by atoms with Crippen molar-refractivity contribution >= 4 is 23.6 Å². The zero-order valence-electron chi connectivity index (χ0n) is 17.3. The van der Waals surface area contributed by atoms with Crippen LogP contribution in [0.3, 0.4) is 0 Å². The van der Waals surface area contributed by atoms with Crippen molar-refractivity contribution in [2.75, 3.05) is 26.7 Å². The fraction of sp³-hybridized carbons (Fsp3) is 0.391. The molecule has 1 aromatic carbocycles. The van der Waals surface area contributed by atoms with E-state index in [9.17, 15) is 18.0 Å². The first-order valence-electron chi connectivity index (χ1n) is 10.2. The van der Waals surface area contributed by atoms with Crippen molar-refractivity contribution in [1.82, 2.24) is 14.8 Å². The van der Waals surface area contributed by atoms with E-state index < -0.39 is 11.7 Å². The van der Waals surface area contributed by atoms with Gasteiger partial charge in [0.15, 0.2) is 0 Å². The predicted molar refractivity (Wildman–Crippen MR) is 116 cm³/mol. The largest absolute Gasteiger partial charge is 0.416 e. The van der Waals surface area contributed by atoms with Crippen LogP contribution in [0.5, 0.6) is 0 Å². The van der Waals surface area contributed by atoms with E-state index in [1.165, 1.54) is 18.2 Å². The van der Waals surface area contributed by atoms with Crippen LogP contribution in [0.25, 0.3) is 6.08 Å². The molecule has 0 bridgehead atoms. The lowest BCUT2D eigenvalue weighted by Crippen LogP contribution is -2.45. The second kappa shape index (κ2) is 10.3. The quantitative estimate of drug-likeness (QED) is 0.584. The molecule has 1 fully saturated rings. The number of amides is 1. The minimum Gasteiger partial charge on any atom is -0.339 e. The highest BCUT2D eigenvalue weighted by atomic mass is 35.5. The fourth-order valence-electron chi connectivity index (χ4n) is 3.66. The van der Waals surface area contributed by atoms with Gasteiger partial charge in [-0.05, 0) is 54.8 Å². The topological polar surface area (TPSA) is 36.4 Å². The van der Waals surface area contributed by atoms with E-state index in [1.54, 1.807) is 18.1 Å². The van der Waals surface area contributed by atoms with Crippen molar-refractivity contribution < 1.29 is 18.0 Å². The van der Waals surface area contributed by atoms with Gasteiger partial charge in [0, 0.05) is 62.1 Å². The number of hydrogen-bond donors (Lipinski definition) is 0. The molecular formula is C23H25ClF3N3O. The summed E-state index contributed by atoms with van der Waals surface area (Å²) in [5.41, 5.74) is 0.438. The van der Waals surface area contributed by atoms with Gasteiger partial charge in [0.25, 0.3) is 0 Å². The van der Waals surface area contributed by atoms with Crippen LogP contribution in [0, 0.1) is 0 Å². The highest BCUT2D eigenvalue weighted by Gasteiger charge is 2.30. The lowest BCUT2D eigenvalue weighted by atomic mass is 10.0. The van der Waals surface area contributed by atoms with Crippen LogP contribution >= 0.6 is 11.6 Å². The normalized spacial score (nSPS) is 16.0. The molecule has 0 N–H and O–H groups in total. The number of piperidine rings is 1. The Morgan fingerprint density at radius 3 is 2.65 bits per heavy atom. The Morgan fingerprint density at radius 2 is 2.00 bits per heavy atom.